The predicted molar refractivity (Wildman–Crippen MR) is 242 cm³/mol. The van der Waals surface area contributed by atoms with Gasteiger partial charge in [0.2, 0.25) is 0 Å². The van der Waals surface area contributed by atoms with Crippen LogP contribution in [0.1, 0.15) is 252 Å². The van der Waals surface area contributed by atoms with Crippen LogP contribution in [0.15, 0.2) is 36.5 Å². The van der Waals surface area contributed by atoms with Crippen molar-refractivity contribution in [3.8, 4) is 0 Å². The summed E-state index contributed by atoms with van der Waals surface area (Å²) in [5.74, 6) is -0.904. The lowest BCUT2D eigenvalue weighted by Gasteiger charge is -2.18. The number of carbonyl (C=O) groups excluding carboxylic acids is 3. The molecule has 6 heteroatoms. The summed E-state index contributed by atoms with van der Waals surface area (Å²) in [7, 11) is 0. The van der Waals surface area contributed by atoms with Crippen molar-refractivity contribution in [2.75, 3.05) is 13.2 Å². The number of hydrogen-bond acceptors (Lipinski definition) is 6. The lowest BCUT2D eigenvalue weighted by Crippen LogP contribution is -2.30. The second kappa shape index (κ2) is 46.3. The van der Waals surface area contributed by atoms with Gasteiger partial charge in [0.05, 0.1) is 0 Å². The van der Waals surface area contributed by atoms with Crippen LogP contribution in [-0.2, 0) is 28.6 Å². The SMILES string of the molecule is CCC/C=C\CCCCCCCC(=O)OCC(COC(=O)CCCCCCC/C=C\CCCCCCCC)OC(=O)CCCCCCC/C=C\CCCCCCC. The average molecular weight is 801 g/mol. The number of allylic oxidation sites excluding steroid dienone is 6. The van der Waals surface area contributed by atoms with Gasteiger partial charge in [-0.15, -0.1) is 0 Å². The summed E-state index contributed by atoms with van der Waals surface area (Å²) in [5, 5.41) is 0. The first-order chi connectivity index (χ1) is 28.0. The van der Waals surface area contributed by atoms with Gasteiger partial charge in [-0.1, -0.05) is 179 Å². The molecule has 1 unspecified atom stereocenters. The number of hydrogen-bond donors (Lipinski definition) is 0. The largest absolute Gasteiger partial charge is 0.462 e. The number of carbonyl (C=O) groups is 3. The molecule has 0 fully saturated rings. The molecule has 0 amide bonds. The Morgan fingerprint density at radius 2 is 0.614 bits per heavy atom. The Morgan fingerprint density at radius 3 is 0.947 bits per heavy atom. The predicted octanol–water partition coefficient (Wildman–Crippen LogP) is 15.8. The molecule has 1 atom stereocenters. The standard InChI is InChI=1S/C51H92O6/c1-4-7-10-13-16-19-22-24-26-28-29-32-35-38-41-44-50(53)56-47-48(46-55-49(52)43-40-37-34-31-21-18-15-12-9-6-3)57-51(54)45-42-39-36-33-30-27-25-23-20-17-14-11-8-5-2/h12,15,23-26,48H,4-11,13-14,16-22,27-47H2,1-3H3/b15-12-,25-23-,26-24-. The van der Waals surface area contributed by atoms with E-state index >= 15 is 0 Å². The molecule has 57 heavy (non-hydrogen) atoms. The van der Waals surface area contributed by atoms with Crippen LogP contribution in [0.25, 0.3) is 0 Å². The Balaban J connectivity index is 4.37. The van der Waals surface area contributed by atoms with Gasteiger partial charge in [-0.25, -0.2) is 0 Å². The maximum Gasteiger partial charge on any atom is 0.306 e. The van der Waals surface area contributed by atoms with Crippen molar-refractivity contribution in [1.29, 1.82) is 0 Å². The maximum absolute atomic E-state index is 12.7. The van der Waals surface area contributed by atoms with Crippen molar-refractivity contribution in [1.82, 2.24) is 0 Å². The molecule has 0 aromatic carbocycles. The highest BCUT2D eigenvalue weighted by Crippen LogP contribution is 2.14. The fourth-order valence-corrected chi connectivity index (χ4v) is 6.84. The molecule has 0 aromatic rings. The zero-order chi connectivity index (χ0) is 41.5. The molecule has 0 aliphatic heterocycles. The third-order valence-corrected chi connectivity index (χ3v) is 10.6. The van der Waals surface area contributed by atoms with Crippen molar-refractivity contribution in [3.05, 3.63) is 36.5 Å². The van der Waals surface area contributed by atoms with Crippen LogP contribution in [-0.4, -0.2) is 37.2 Å². The zero-order valence-electron chi connectivity index (χ0n) is 37.9. The van der Waals surface area contributed by atoms with Gasteiger partial charge in [0.25, 0.3) is 0 Å². The third-order valence-electron chi connectivity index (χ3n) is 10.6. The van der Waals surface area contributed by atoms with Crippen LogP contribution in [0.5, 0.6) is 0 Å². The summed E-state index contributed by atoms with van der Waals surface area (Å²) < 4.78 is 16.7. The maximum atomic E-state index is 12.7. The van der Waals surface area contributed by atoms with Gasteiger partial charge in [-0.2, -0.15) is 0 Å². The fraction of sp³-hybridized carbons (Fsp3) is 0.824. The van der Waals surface area contributed by atoms with E-state index in [9.17, 15) is 14.4 Å². The molecule has 0 radical (unpaired) electrons. The Labute approximate surface area is 353 Å². The summed E-state index contributed by atoms with van der Waals surface area (Å²) >= 11 is 0. The first-order valence-electron chi connectivity index (χ1n) is 24.5. The van der Waals surface area contributed by atoms with E-state index in [1.807, 2.05) is 0 Å². The second-order valence-corrected chi connectivity index (χ2v) is 16.4. The highest BCUT2D eigenvalue weighted by molar-refractivity contribution is 5.71. The van der Waals surface area contributed by atoms with Gasteiger partial charge >= 0.3 is 17.9 Å². The van der Waals surface area contributed by atoms with E-state index < -0.39 is 6.10 Å². The van der Waals surface area contributed by atoms with Crippen LogP contribution in [0.4, 0.5) is 0 Å². The normalized spacial score (nSPS) is 12.3. The lowest BCUT2D eigenvalue weighted by atomic mass is 10.1. The minimum absolute atomic E-state index is 0.0815. The molecule has 0 aliphatic carbocycles. The summed E-state index contributed by atoms with van der Waals surface area (Å²) in [5.41, 5.74) is 0. The molecule has 0 N–H and O–H groups in total. The molecular formula is C51H92O6. The quantitative estimate of drug-likeness (QED) is 0.0264. The highest BCUT2D eigenvalue weighted by Gasteiger charge is 2.19. The van der Waals surface area contributed by atoms with Crippen LogP contribution in [0, 0.1) is 0 Å². The smallest absolute Gasteiger partial charge is 0.306 e. The molecule has 0 saturated heterocycles. The second-order valence-electron chi connectivity index (χ2n) is 16.4. The van der Waals surface area contributed by atoms with E-state index in [4.69, 9.17) is 14.2 Å². The number of unbranched alkanes of at least 4 members (excludes halogenated alkanes) is 27. The fourth-order valence-electron chi connectivity index (χ4n) is 6.84. The summed E-state index contributed by atoms with van der Waals surface area (Å²) in [6.07, 6.45) is 52.7. The third kappa shape index (κ3) is 44.6. The first kappa shape index (κ1) is 54.6. The van der Waals surface area contributed by atoms with Crippen molar-refractivity contribution >= 4 is 17.9 Å². The van der Waals surface area contributed by atoms with Gasteiger partial charge in [-0.05, 0) is 89.9 Å². The summed E-state index contributed by atoms with van der Waals surface area (Å²) in [4.78, 5) is 37.8. The number of esters is 3. The van der Waals surface area contributed by atoms with Gasteiger partial charge < -0.3 is 14.2 Å². The monoisotopic (exact) mass is 801 g/mol. The van der Waals surface area contributed by atoms with Gasteiger partial charge in [0.15, 0.2) is 6.10 Å². The average Bonchev–Trinajstić information content (AvgIpc) is 3.21. The molecule has 0 rings (SSSR count). The van der Waals surface area contributed by atoms with Crippen LogP contribution in [0.2, 0.25) is 0 Å². The minimum atomic E-state index is -0.779. The minimum Gasteiger partial charge on any atom is -0.462 e. The summed E-state index contributed by atoms with van der Waals surface area (Å²) in [6.45, 7) is 6.54. The molecular weight excluding hydrogens is 709 g/mol. The molecule has 0 aliphatic rings. The molecule has 0 aromatic heterocycles. The van der Waals surface area contributed by atoms with E-state index in [2.05, 4.69) is 57.2 Å². The van der Waals surface area contributed by atoms with Gasteiger partial charge in [0, 0.05) is 19.3 Å². The molecule has 0 heterocycles. The first-order valence-corrected chi connectivity index (χ1v) is 24.5. The number of ether oxygens (including phenoxy) is 3. The van der Waals surface area contributed by atoms with Crippen molar-refractivity contribution in [2.45, 2.75) is 258 Å². The Kier molecular flexibility index (Phi) is 44.4. The van der Waals surface area contributed by atoms with E-state index in [1.165, 1.54) is 122 Å². The number of rotatable bonds is 44. The Bertz CT molecular complexity index is 969. The zero-order valence-corrected chi connectivity index (χ0v) is 37.9. The topological polar surface area (TPSA) is 78.9 Å². The highest BCUT2D eigenvalue weighted by atomic mass is 16.6. The van der Waals surface area contributed by atoms with Gasteiger partial charge in [0.1, 0.15) is 13.2 Å². The van der Waals surface area contributed by atoms with Gasteiger partial charge in [-0.3, -0.25) is 14.4 Å². The van der Waals surface area contributed by atoms with Crippen molar-refractivity contribution in [3.63, 3.8) is 0 Å². The van der Waals surface area contributed by atoms with E-state index in [0.29, 0.717) is 19.3 Å². The van der Waals surface area contributed by atoms with E-state index in [1.54, 1.807) is 0 Å². The summed E-state index contributed by atoms with van der Waals surface area (Å²) in [6, 6.07) is 0. The molecule has 0 spiro atoms. The van der Waals surface area contributed by atoms with Crippen LogP contribution >= 0.6 is 0 Å². The van der Waals surface area contributed by atoms with Crippen molar-refractivity contribution in [2.24, 2.45) is 0 Å². The van der Waals surface area contributed by atoms with Crippen LogP contribution < -0.4 is 0 Å². The van der Waals surface area contributed by atoms with Crippen LogP contribution in [0.3, 0.4) is 0 Å². The Hall–Kier alpha value is -2.37. The molecule has 0 saturated carbocycles. The van der Waals surface area contributed by atoms with Crippen molar-refractivity contribution < 1.29 is 28.6 Å². The molecule has 332 valence electrons. The Morgan fingerprint density at radius 1 is 0.333 bits per heavy atom. The van der Waals surface area contributed by atoms with E-state index in [0.717, 1.165) is 89.9 Å². The molecule has 0 bridgehead atoms. The molecule has 6 nitrogen and oxygen atoms in total. The van der Waals surface area contributed by atoms with E-state index in [-0.39, 0.29) is 31.1 Å². The lowest BCUT2D eigenvalue weighted by molar-refractivity contribution is -0.167.